The SMILES string of the molecule is COc1ccc(C(=O)CCBr)cc1. The summed E-state index contributed by atoms with van der Waals surface area (Å²) in [5, 5.41) is 0.706. The van der Waals surface area contributed by atoms with Crippen molar-refractivity contribution in [3.8, 4) is 5.75 Å². The molecule has 2 nitrogen and oxygen atoms in total. The van der Waals surface area contributed by atoms with Gasteiger partial charge in [0.05, 0.1) is 7.11 Å². The highest BCUT2D eigenvalue weighted by Crippen LogP contribution is 2.12. The number of Topliss-reactive ketones (excluding diaryl/α,β-unsaturated/α-hetero) is 1. The van der Waals surface area contributed by atoms with E-state index < -0.39 is 0 Å². The Bertz CT molecular complexity index is 279. The molecule has 1 aromatic rings. The minimum atomic E-state index is 0.152. The normalized spacial score (nSPS) is 9.69. The molecule has 13 heavy (non-hydrogen) atoms. The number of halogens is 1. The van der Waals surface area contributed by atoms with Gasteiger partial charge in [-0.1, -0.05) is 15.9 Å². The van der Waals surface area contributed by atoms with Gasteiger partial charge < -0.3 is 4.74 Å². The lowest BCUT2D eigenvalue weighted by molar-refractivity contribution is 0.0990. The van der Waals surface area contributed by atoms with Crippen LogP contribution in [0, 0.1) is 0 Å². The summed E-state index contributed by atoms with van der Waals surface area (Å²) in [6, 6.07) is 7.15. The van der Waals surface area contributed by atoms with Gasteiger partial charge in [-0.2, -0.15) is 0 Å². The van der Waals surface area contributed by atoms with Crippen LogP contribution in [0.3, 0.4) is 0 Å². The zero-order valence-corrected chi connectivity index (χ0v) is 9.00. The van der Waals surface area contributed by atoms with Crippen LogP contribution in [0.5, 0.6) is 5.75 Å². The molecule has 0 spiro atoms. The van der Waals surface area contributed by atoms with Crippen LogP contribution in [-0.2, 0) is 0 Å². The molecule has 0 aliphatic heterocycles. The number of carbonyl (C=O) groups is 1. The average molecular weight is 243 g/mol. The van der Waals surface area contributed by atoms with Gasteiger partial charge in [0.1, 0.15) is 5.75 Å². The molecule has 70 valence electrons. The van der Waals surface area contributed by atoms with Gasteiger partial charge in [0, 0.05) is 17.3 Å². The molecule has 1 aromatic carbocycles. The van der Waals surface area contributed by atoms with Crippen molar-refractivity contribution >= 4 is 21.7 Å². The first-order chi connectivity index (χ1) is 6.27. The van der Waals surface area contributed by atoms with Crippen LogP contribution in [0.4, 0.5) is 0 Å². The lowest BCUT2D eigenvalue weighted by Gasteiger charge is -2.01. The number of rotatable bonds is 4. The van der Waals surface area contributed by atoms with Crippen molar-refractivity contribution in [2.75, 3.05) is 12.4 Å². The minimum absolute atomic E-state index is 0.152. The fraction of sp³-hybridized carbons (Fsp3) is 0.300. The maximum atomic E-state index is 11.4. The minimum Gasteiger partial charge on any atom is -0.497 e. The van der Waals surface area contributed by atoms with E-state index in [1.165, 1.54) is 0 Å². The molecule has 0 saturated carbocycles. The number of methoxy groups -OCH3 is 1. The Kier molecular flexibility index (Phi) is 3.96. The van der Waals surface area contributed by atoms with Gasteiger partial charge in [-0.05, 0) is 24.3 Å². The molecule has 0 amide bonds. The van der Waals surface area contributed by atoms with Crippen molar-refractivity contribution in [3.05, 3.63) is 29.8 Å². The summed E-state index contributed by atoms with van der Waals surface area (Å²) in [6.45, 7) is 0. The molecule has 0 aromatic heterocycles. The molecule has 3 heteroatoms. The van der Waals surface area contributed by atoms with Gasteiger partial charge in [-0.15, -0.1) is 0 Å². The molecule has 0 radical (unpaired) electrons. The highest BCUT2D eigenvalue weighted by Gasteiger charge is 2.03. The van der Waals surface area contributed by atoms with E-state index in [2.05, 4.69) is 15.9 Å². The quantitative estimate of drug-likeness (QED) is 0.600. The van der Waals surface area contributed by atoms with Crippen LogP contribution in [0.2, 0.25) is 0 Å². The zero-order chi connectivity index (χ0) is 9.68. The largest absolute Gasteiger partial charge is 0.497 e. The second-order valence-corrected chi connectivity index (χ2v) is 3.38. The lowest BCUT2D eigenvalue weighted by atomic mass is 10.1. The summed E-state index contributed by atoms with van der Waals surface area (Å²) in [7, 11) is 1.61. The van der Waals surface area contributed by atoms with E-state index in [0.717, 1.165) is 11.3 Å². The van der Waals surface area contributed by atoms with Gasteiger partial charge in [-0.3, -0.25) is 4.79 Å². The number of ether oxygens (including phenoxy) is 1. The molecule has 0 bridgehead atoms. The average Bonchev–Trinajstić information content (AvgIpc) is 2.18. The van der Waals surface area contributed by atoms with Crippen molar-refractivity contribution in [1.82, 2.24) is 0 Å². The van der Waals surface area contributed by atoms with Crippen LogP contribution in [-0.4, -0.2) is 18.2 Å². The van der Waals surface area contributed by atoms with E-state index in [1.807, 2.05) is 0 Å². The highest BCUT2D eigenvalue weighted by molar-refractivity contribution is 9.09. The number of benzene rings is 1. The second-order valence-electron chi connectivity index (χ2n) is 2.59. The molecular weight excluding hydrogens is 232 g/mol. The molecule has 0 N–H and O–H groups in total. The fourth-order valence-electron chi connectivity index (χ4n) is 1.01. The van der Waals surface area contributed by atoms with Crippen LogP contribution in [0.15, 0.2) is 24.3 Å². The molecule has 0 saturated heterocycles. The van der Waals surface area contributed by atoms with E-state index >= 15 is 0 Å². The van der Waals surface area contributed by atoms with Crippen molar-refractivity contribution in [3.63, 3.8) is 0 Å². The Balaban J connectivity index is 2.74. The van der Waals surface area contributed by atoms with E-state index in [0.29, 0.717) is 11.8 Å². The second kappa shape index (κ2) is 5.02. The van der Waals surface area contributed by atoms with Crippen molar-refractivity contribution in [2.24, 2.45) is 0 Å². The number of alkyl halides is 1. The molecule has 0 aliphatic carbocycles. The summed E-state index contributed by atoms with van der Waals surface area (Å²) in [5.74, 6) is 0.926. The molecule has 0 aliphatic rings. The van der Waals surface area contributed by atoms with Gasteiger partial charge >= 0.3 is 0 Å². The first-order valence-corrected chi connectivity index (χ1v) is 5.13. The lowest BCUT2D eigenvalue weighted by Crippen LogP contribution is -1.98. The summed E-state index contributed by atoms with van der Waals surface area (Å²) >= 11 is 3.23. The molecule has 0 unspecified atom stereocenters. The third kappa shape index (κ3) is 2.84. The fourth-order valence-corrected chi connectivity index (χ4v) is 1.37. The van der Waals surface area contributed by atoms with E-state index in [4.69, 9.17) is 4.74 Å². The van der Waals surface area contributed by atoms with Crippen molar-refractivity contribution < 1.29 is 9.53 Å². The Labute approximate surface area is 86.0 Å². The number of carbonyl (C=O) groups excluding carboxylic acids is 1. The number of ketones is 1. The van der Waals surface area contributed by atoms with Crippen molar-refractivity contribution in [1.29, 1.82) is 0 Å². The first kappa shape index (κ1) is 10.3. The summed E-state index contributed by atoms with van der Waals surface area (Å²) < 4.78 is 4.99. The van der Waals surface area contributed by atoms with Crippen LogP contribution >= 0.6 is 15.9 Å². The van der Waals surface area contributed by atoms with E-state index in [9.17, 15) is 4.79 Å². The Hall–Kier alpha value is -0.830. The van der Waals surface area contributed by atoms with Gasteiger partial charge in [-0.25, -0.2) is 0 Å². The molecule has 1 rings (SSSR count). The predicted octanol–water partition coefficient (Wildman–Crippen LogP) is 2.66. The van der Waals surface area contributed by atoms with Gasteiger partial charge in [0.2, 0.25) is 0 Å². The Morgan fingerprint density at radius 3 is 2.46 bits per heavy atom. The van der Waals surface area contributed by atoms with E-state index in [-0.39, 0.29) is 5.78 Å². The maximum Gasteiger partial charge on any atom is 0.163 e. The zero-order valence-electron chi connectivity index (χ0n) is 7.42. The van der Waals surface area contributed by atoms with Gasteiger partial charge in [0.25, 0.3) is 0 Å². The predicted molar refractivity (Wildman–Crippen MR) is 55.7 cm³/mol. The Morgan fingerprint density at radius 2 is 2.00 bits per heavy atom. The topological polar surface area (TPSA) is 26.3 Å². The molecule has 0 heterocycles. The smallest absolute Gasteiger partial charge is 0.163 e. The molecular formula is C10H11BrO2. The van der Waals surface area contributed by atoms with Crippen LogP contribution in [0.25, 0.3) is 0 Å². The summed E-state index contributed by atoms with van der Waals surface area (Å²) in [4.78, 5) is 11.4. The summed E-state index contributed by atoms with van der Waals surface area (Å²) in [5.41, 5.74) is 0.736. The number of hydrogen-bond donors (Lipinski definition) is 0. The first-order valence-electron chi connectivity index (χ1n) is 4.01. The number of hydrogen-bond acceptors (Lipinski definition) is 2. The van der Waals surface area contributed by atoms with E-state index in [1.54, 1.807) is 31.4 Å². The molecule has 0 atom stereocenters. The van der Waals surface area contributed by atoms with Crippen LogP contribution < -0.4 is 4.74 Å². The Morgan fingerprint density at radius 1 is 1.38 bits per heavy atom. The monoisotopic (exact) mass is 242 g/mol. The third-order valence-corrected chi connectivity index (χ3v) is 2.13. The van der Waals surface area contributed by atoms with Crippen LogP contribution in [0.1, 0.15) is 16.8 Å². The van der Waals surface area contributed by atoms with Gasteiger partial charge in [0.15, 0.2) is 5.78 Å². The van der Waals surface area contributed by atoms with Crippen molar-refractivity contribution in [2.45, 2.75) is 6.42 Å². The highest BCUT2D eigenvalue weighted by atomic mass is 79.9. The standard InChI is InChI=1S/C10H11BrO2/c1-13-9-4-2-8(3-5-9)10(12)6-7-11/h2-5H,6-7H2,1H3. The molecule has 0 fully saturated rings. The maximum absolute atomic E-state index is 11.4. The summed E-state index contributed by atoms with van der Waals surface area (Å²) in [6.07, 6.45) is 0.534. The third-order valence-electron chi connectivity index (χ3n) is 1.73.